The Labute approximate surface area is 104 Å². The van der Waals surface area contributed by atoms with Crippen LogP contribution < -0.4 is 10.6 Å². The second-order valence-corrected chi connectivity index (χ2v) is 4.52. The maximum atomic E-state index is 4.43. The van der Waals surface area contributed by atoms with E-state index in [0.29, 0.717) is 12.0 Å². The van der Waals surface area contributed by atoms with Crippen molar-refractivity contribution in [3.8, 4) is 0 Å². The van der Waals surface area contributed by atoms with Crippen molar-refractivity contribution < 1.29 is 0 Å². The summed E-state index contributed by atoms with van der Waals surface area (Å²) in [5.74, 6) is 1.60. The molecule has 0 spiro atoms. The van der Waals surface area contributed by atoms with Crippen molar-refractivity contribution in [3.63, 3.8) is 0 Å². The number of aromatic nitrogens is 2. The fraction of sp³-hybridized carbons (Fsp3) is 0.692. The fourth-order valence-corrected chi connectivity index (χ4v) is 1.71. The van der Waals surface area contributed by atoms with E-state index in [1.807, 2.05) is 20.2 Å². The van der Waals surface area contributed by atoms with E-state index >= 15 is 0 Å². The van der Waals surface area contributed by atoms with E-state index in [9.17, 15) is 0 Å². The number of rotatable bonds is 7. The Morgan fingerprint density at radius 2 is 2.12 bits per heavy atom. The normalized spacial score (nSPS) is 12.2. The van der Waals surface area contributed by atoms with E-state index in [1.54, 1.807) is 0 Å². The van der Waals surface area contributed by atoms with E-state index in [-0.39, 0.29) is 0 Å². The topological polar surface area (TPSA) is 49.8 Å². The third-order valence-electron chi connectivity index (χ3n) is 2.82. The van der Waals surface area contributed by atoms with Gasteiger partial charge in [0, 0.05) is 24.8 Å². The minimum Gasteiger partial charge on any atom is -0.367 e. The average Bonchev–Trinajstić information content (AvgIpc) is 2.32. The molecule has 1 aromatic rings. The van der Waals surface area contributed by atoms with Crippen molar-refractivity contribution in [2.45, 2.75) is 52.5 Å². The Morgan fingerprint density at radius 1 is 1.35 bits per heavy atom. The Balaban J connectivity index is 2.54. The zero-order valence-electron chi connectivity index (χ0n) is 11.4. The van der Waals surface area contributed by atoms with Crippen molar-refractivity contribution in [3.05, 3.63) is 11.8 Å². The lowest BCUT2D eigenvalue weighted by atomic mass is 10.1. The van der Waals surface area contributed by atoms with Crippen LogP contribution in [0.2, 0.25) is 0 Å². The highest BCUT2D eigenvalue weighted by Crippen LogP contribution is 2.15. The van der Waals surface area contributed by atoms with Crippen LogP contribution in [0.25, 0.3) is 0 Å². The Hall–Kier alpha value is -1.32. The minimum atomic E-state index is 0.458. The number of aryl methyl sites for hydroxylation is 1. The first-order valence-corrected chi connectivity index (χ1v) is 6.45. The van der Waals surface area contributed by atoms with E-state index in [4.69, 9.17) is 0 Å². The minimum absolute atomic E-state index is 0.458. The van der Waals surface area contributed by atoms with Crippen LogP contribution in [0.15, 0.2) is 6.20 Å². The molecule has 17 heavy (non-hydrogen) atoms. The van der Waals surface area contributed by atoms with Gasteiger partial charge in [0.15, 0.2) is 0 Å². The summed E-state index contributed by atoms with van der Waals surface area (Å²) in [6, 6.07) is 0.458. The summed E-state index contributed by atoms with van der Waals surface area (Å²) >= 11 is 0. The Bertz CT molecular complexity index is 338. The van der Waals surface area contributed by atoms with Crippen LogP contribution in [0.4, 0.5) is 11.8 Å². The monoisotopic (exact) mass is 236 g/mol. The van der Waals surface area contributed by atoms with E-state index in [2.05, 4.69) is 34.4 Å². The summed E-state index contributed by atoms with van der Waals surface area (Å²) in [5.41, 5.74) is 1.09. The third kappa shape index (κ3) is 4.59. The first kappa shape index (κ1) is 13.7. The summed E-state index contributed by atoms with van der Waals surface area (Å²) in [4.78, 5) is 8.60. The maximum absolute atomic E-state index is 4.43. The maximum Gasteiger partial charge on any atom is 0.224 e. The van der Waals surface area contributed by atoms with Crippen LogP contribution >= 0.6 is 0 Å². The van der Waals surface area contributed by atoms with Gasteiger partial charge in [-0.15, -0.1) is 0 Å². The molecule has 2 N–H and O–H groups in total. The second-order valence-electron chi connectivity index (χ2n) is 4.52. The van der Waals surface area contributed by atoms with E-state index in [1.165, 1.54) is 25.7 Å². The van der Waals surface area contributed by atoms with Crippen molar-refractivity contribution in [2.24, 2.45) is 0 Å². The lowest BCUT2D eigenvalue weighted by molar-refractivity contribution is 0.613. The lowest BCUT2D eigenvalue weighted by Gasteiger charge is -2.16. The molecule has 1 atom stereocenters. The lowest BCUT2D eigenvalue weighted by Crippen LogP contribution is -2.17. The molecule has 1 rings (SSSR count). The molecule has 1 heterocycles. The molecule has 0 aromatic carbocycles. The number of hydrogen-bond donors (Lipinski definition) is 2. The number of hydrogen-bond acceptors (Lipinski definition) is 4. The molecule has 0 saturated heterocycles. The fourth-order valence-electron chi connectivity index (χ4n) is 1.71. The molecule has 0 aliphatic heterocycles. The number of anilines is 2. The highest BCUT2D eigenvalue weighted by atomic mass is 15.1. The van der Waals surface area contributed by atoms with Crippen molar-refractivity contribution >= 4 is 11.8 Å². The number of nitrogens with zero attached hydrogens (tertiary/aromatic N) is 2. The van der Waals surface area contributed by atoms with Gasteiger partial charge >= 0.3 is 0 Å². The molecule has 96 valence electrons. The SMILES string of the molecule is CCCCCC(C)Nc1nc(NC)ncc1C. The van der Waals surface area contributed by atoms with Gasteiger partial charge in [-0.25, -0.2) is 4.98 Å². The van der Waals surface area contributed by atoms with Gasteiger partial charge in [0.05, 0.1) is 0 Å². The van der Waals surface area contributed by atoms with E-state index < -0.39 is 0 Å². The Kier molecular flexibility index (Phi) is 5.73. The zero-order chi connectivity index (χ0) is 12.7. The molecule has 4 nitrogen and oxygen atoms in total. The van der Waals surface area contributed by atoms with Gasteiger partial charge in [0.2, 0.25) is 5.95 Å². The number of unbranched alkanes of at least 4 members (excludes halogenated alkanes) is 2. The predicted octanol–water partition coefficient (Wildman–Crippen LogP) is 3.21. The first-order valence-electron chi connectivity index (χ1n) is 6.45. The van der Waals surface area contributed by atoms with E-state index in [0.717, 1.165) is 11.4 Å². The van der Waals surface area contributed by atoms with Crippen LogP contribution in [0.5, 0.6) is 0 Å². The highest BCUT2D eigenvalue weighted by molar-refractivity contribution is 5.46. The largest absolute Gasteiger partial charge is 0.367 e. The highest BCUT2D eigenvalue weighted by Gasteiger charge is 2.06. The summed E-state index contributed by atoms with van der Waals surface area (Å²) in [5, 5.41) is 6.41. The van der Waals surface area contributed by atoms with Crippen LogP contribution in [0.1, 0.15) is 45.1 Å². The van der Waals surface area contributed by atoms with Crippen molar-refractivity contribution in [1.82, 2.24) is 9.97 Å². The third-order valence-corrected chi connectivity index (χ3v) is 2.82. The standard InChI is InChI=1S/C13H24N4/c1-5-6-7-8-11(3)16-12-10(2)9-15-13(14-4)17-12/h9,11H,5-8H2,1-4H3,(H2,14,15,16,17). The molecule has 1 unspecified atom stereocenters. The van der Waals surface area contributed by atoms with Crippen LogP contribution in [-0.4, -0.2) is 23.1 Å². The van der Waals surface area contributed by atoms with Gasteiger partial charge < -0.3 is 10.6 Å². The summed E-state index contributed by atoms with van der Waals surface area (Å²) < 4.78 is 0. The molecule has 0 aliphatic carbocycles. The van der Waals surface area contributed by atoms with Gasteiger partial charge in [-0.3, -0.25) is 0 Å². The first-order chi connectivity index (χ1) is 8.17. The molecule has 0 fully saturated rings. The predicted molar refractivity (Wildman–Crippen MR) is 73.5 cm³/mol. The average molecular weight is 236 g/mol. The quantitative estimate of drug-likeness (QED) is 0.714. The molecular weight excluding hydrogens is 212 g/mol. The second kappa shape index (κ2) is 7.09. The molecule has 4 heteroatoms. The molecule has 0 saturated carbocycles. The van der Waals surface area contributed by atoms with Gasteiger partial charge in [-0.05, 0) is 20.3 Å². The zero-order valence-corrected chi connectivity index (χ0v) is 11.4. The smallest absolute Gasteiger partial charge is 0.224 e. The van der Waals surface area contributed by atoms with Gasteiger partial charge in [0.25, 0.3) is 0 Å². The number of nitrogens with one attached hydrogen (secondary N) is 2. The summed E-state index contributed by atoms with van der Waals surface area (Å²) in [6.07, 6.45) is 6.87. The molecule has 1 aromatic heterocycles. The molecule has 0 bridgehead atoms. The van der Waals surface area contributed by atoms with Crippen LogP contribution in [-0.2, 0) is 0 Å². The van der Waals surface area contributed by atoms with Crippen LogP contribution in [0.3, 0.4) is 0 Å². The van der Waals surface area contributed by atoms with Crippen molar-refractivity contribution in [2.75, 3.05) is 17.7 Å². The van der Waals surface area contributed by atoms with Crippen molar-refractivity contribution in [1.29, 1.82) is 0 Å². The van der Waals surface area contributed by atoms with Gasteiger partial charge in [0.1, 0.15) is 5.82 Å². The molecule has 0 radical (unpaired) electrons. The van der Waals surface area contributed by atoms with Gasteiger partial charge in [-0.2, -0.15) is 4.98 Å². The van der Waals surface area contributed by atoms with Gasteiger partial charge in [-0.1, -0.05) is 26.2 Å². The van der Waals surface area contributed by atoms with Crippen LogP contribution in [0, 0.1) is 6.92 Å². The molecule has 0 aliphatic rings. The molecular formula is C13H24N4. The molecule has 0 amide bonds. The Morgan fingerprint density at radius 3 is 2.76 bits per heavy atom. The summed E-state index contributed by atoms with van der Waals surface area (Å²) in [6.45, 7) is 6.46. The summed E-state index contributed by atoms with van der Waals surface area (Å²) in [7, 11) is 1.83.